The second-order valence-corrected chi connectivity index (χ2v) is 3.48. The van der Waals surface area contributed by atoms with Gasteiger partial charge < -0.3 is 4.74 Å². The molecular weight excluding hydrogens is 164 g/mol. The maximum atomic E-state index is 11.2. The van der Waals surface area contributed by atoms with Crippen LogP contribution in [0.5, 0.6) is 0 Å². The summed E-state index contributed by atoms with van der Waals surface area (Å²) in [5, 5.41) is 0. The molecule has 2 heteroatoms. The quantitative estimate of drug-likeness (QED) is 0.593. The molecule has 76 valence electrons. The molecule has 0 aromatic rings. The van der Waals surface area contributed by atoms with Crippen molar-refractivity contribution in [1.82, 2.24) is 0 Å². The molecule has 0 spiro atoms. The molecule has 0 saturated heterocycles. The highest BCUT2D eigenvalue weighted by Crippen LogP contribution is 2.04. The molecule has 0 radical (unpaired) electrons. The molecule has 1 atom stereocenters. The van der Waals surface area contributed by atoms with Crippen molar-refractivity contribution in [1.29, 1.82) is 0 Å². The molecule has 0 heterocycles. The Bertz CT molecular complexity index is 171. The minimum absolute atomic E-state index is 0.0791. The third-order valence-corrected chi connectivity index (χ3v) is 1.92. The monoisotopic (exact) mass is 184 g/mol. The predicted molar refractivity (Wildman–Crippen MR) is 54.7 cm³/mol. The van der Waals surface area contributed by atoms with Crippen LogP contribution < -0.4 is 0 Å². The largest absolute Gasteiger partial charge is 0.377 e. The van der Waals surface area contributed by atoms with Crippen LogP contribution in [-0.4, -0.2) is 19.0 Å². The molecule has 0 N–H and O–H groups in total. The Kier molecular flexibility index (Phi) is 6.51. The summed E-state index contributed by atoms with van der Waals surface area (Å²) in [5.74, 6) is 0.244. The maximum Gasteiger partial charge on any atom is 0.157 e. The van der Waals surface area contributed by atoms with Crippen LogP contribution in [0.4, 0.5) is 0 Å². The average molecular weight is 184 g/mol. The van der Waals surface area contributed by atoms with Crippen LogP contribution in [0, 0.1) is 5.92 Å². The lowest BCUT2D eigenvalue weighted by Crippen LogP contribution is -2.09. The van der Waals surface area contributed by atoms with Crippen molar-refractivity contribution >= 4 is 5.78 Å². The summed E-state index contributed by atoms with van der Waals surface area (Å²) in [6.45, 7) is 5.90. The highest BCUT2D eigenvalue weighted by Gasteiger charge is 2.04. The van der Waals surface area contributed by atoms with Crippen LogP contribution in [0.3, 0.4) is 0 Å². The number of ether oxygens (including phenoxy) is 1. The first-order valence-corrected chi connectivity index (χ1v) is 4.86. The van der Waals surface area contributed by atoms with Crippen molar-refractivity contribution in [2.75, 3.05) is 7.11 Å². The zero-order valence-corrected chi connectivity index (χ0v) is 9.04. The molecule has 0 aliphatic rings. The number of methoxy groups -OCH3 is 1. The normalized spacial score (nSPS) is 13.9. The molecule has 2 nitrogen and oxygen atoms in total. The molecule has 0 aromatic carbocycles. The minimum atomic E-state index is 0.0791. The zero-order valence-electron chi connectivity index (χ0n) is 9.04. The number of rotatable bonds is 6. The van der Waals surface area contributed by atoms with Gasteiger partial charge in [-0.05, 0) is 12.5 Å². The van der Waals surface area contributed by atoms with E-state index in [-0.39, 0.29) is 17.8 Å². The Morgan fingerprint density at radius 2 is 2.08 bits per heavy atom. The van der Waals surface area contributed by atoms with E-state index in [2.05, 4.69) is 6.92 Å². The highest BCUT2D eigenvalue weighted by atomic mass is 16.5. The van der Waals surface area contributed by atoms with E-state index >= 15 is 0 Å². The number of hydrogen-bond donors (Lipinski definition) is 0. The maximum absolute atomic E-state index is 11.2. The average Bonchev–Trinajstić information content (AvgIpc) is 2.11. The predicted octanol–water partition coefficient (Wildman–Crippen LogP) is 2.58. The van der Waals surface area contributed by atoms with Gasteiger partial charge in [-0.15, -0.1) is 0 Å². The Morgan fingerprint density at radius 3 is 2.46 bits per heavy atom. The van der Waals surface area contributed by atoms with Crippen molar-refractivity contribution in [3.05, 3.63) is 12.2 Å². The standard InChI is InChI=1S/C11H20O2/c1-5-6-10(13-4)7-8-11(12)9(2)3/h7-10H,5-6H2,1-4H3. The van der Waals surface area contributed by atoms with Gasteiger partial charge in [0.15, 0.2) is 5.78 Å². The summed E-state index contributed by atoms with van der Waals surface area (Å²) in [6, 6.07) is 0. The molecule has 0 rings (SSSR count). The molecule has 0 fully saturated rings. The van der Waals surface area contributed by atoms with Gasteiger partial charge in [-0.1, -0.05) is 33.3 Å². The van der Waals surface area contributed by atoms with Gasteiger partial charge in [0, 0.05) is 13.0 Å². The molecular formula is C11H20O2. The van der Waals surface area contributed by atoms with Crippen molar-refractivity contribution in [2.24, 2.45) is 5.92 Å². The van der Waals surface area contributed by atoms with E-state index in [0.29, 0.717) is 0 Å². The van der Waals surface area contributed by atoms with Crippen LogP contribution in [0.25, 0.3) is 0 Å². The lowest BCUT2D eigenvalue weighted by Gasteiger charge is -2.08. The Labute approximate surface area is 81.0 Å². The second kappa shape index (κ2) is 6.84. The number of carbonyl (C=O) groups is 1. The molecule has 0 saturated carbocycles. The first-order chi connectivity index (χ1) is 6.11. The SMILES string of the molecule is CCCC(C=CC(=O)C(C)C)OC. The van der Waals surface area contributed by atoms with Gasteiger partial charge in [0.1, 0.15) is 0 Å². The van der Waals surface area contributed by atoms with E-state index in [1.165, 1.54) is 0 Å². The van der Waals surface area contributed by atoms with Crippen LogP contribution in [-0.2, 0) is 9.53 Å². The van der Waals surface area contributed by atoms with E-state index in [4.69, 9.17) is 4.74 Å². The van der Waals surface area contributed by atoms with Crippen LogP contribution >= 0.6 is 0 Å². The molecule has 0 aliphatic heterocycles. The lowest BCUT2D eigenvalue weighted by atomic mass is 10.1. The smallest absolute Gasteiger partial charge is 0.157 e. The summed E-state index contributed by atoms with van der Waals surface area (Å²) in [7, 11) is 1.67. The molecule has 0 aromatic heterocycles. The Morgan fingerprint density at radius 1 is 1.46 bits per heavy atom. The van der Waals surface area contributed by atoms with Gasteiger partial charge in [0.25, 0.3) is 0 Å². The van der Waals surface area contributed by atoms with E-state index in [1.807, 2.05) is 19.9 Å². The minimum Gasteiger partial charge on any atom is -0.377 e. The summed E-state index contributed by atoms with van der Waals surface area (Å²) >= 11 is 0. The summed E-state index contributed by atoms with van der Waals surface area (Å²) in [6.07, 6.45) is 5.62. The Hall–Kier alpha value is -0.630. The first-order valence-electron chi connectivity index (χ1n) is 4.86. The van der Waals surface area contributed by atoms with Crippen LogP contribution in [0.1, 0.15) is 33.6 Å². The number of allylic oxidation sites excluding steroid dienone is 1. The fourth-order valence-electron chi connectivity index (χ4n) is 0.972. The van der Waals surface area contributed by atoms with Gasteiger partial charge in [-0.3, -0.25) is 4.79 Å². The molecule has 13 heavy (non-hydrogen) atoms. The molecule has 1 unspecified atom stereocenters. The summed E-state index contributed by atoms with van der Waals surface area (Å²) in [4.78, 5) is 11.2. The van der Waals surface area contributed by atoms with Crippen molar-refractivity contribution in [2.45, 2.75) is 39.7 Å². The van der Waals surface area contributed by atoms with Gasteiger partial charge in [0.05, 0.1) is 6.10 Å². The zero-order chi connectivity index (χ0) is 10.3. The second-order valence-electron chi connectivity index (χ2n) is 3.48. The fraction of sp³-hybridized carbons (Fsp3) is 0.727. The van der Waals surface area contributed by atoms with Crippen molar-refractivity contribution in [3.63, 3.8) is 0 Å². The fourth-order valence-corrected chi connectivity index (χ4v) is 0.972. The third kappa shape index (κ3) is 5.58. The summed E-state index contributed by atoms with van der Waals surface area (Å²) in [5.41, 5.74) is 0. The van der Waals surface area contributed by atoms with Gasteiger partial charge >= 0.3 is 0 Å². The van der Waals surface area contributed by atoms with E-state index in [0.717, 1.165) is 12.8 Å². The van der Waals surface area contributed by atoms with Crippen molar-refractivity contribution in [3.8, 4) is 0 Å². The van der Waals surface area contributed by atoms with Gasteiger partial charge in [-0.25, -0.2) is 0 Å². The van der Waals surface area contributed by atoms with E-state index in [9.17, 15) is 4.79 Å². The molecule has 0 amide bonds. The third-order valence-electron chi connectivity index (χ3n) is 1.92. The lowest BCUT2D eigenvalue weighted by molar-refractivity contribution is -0.117. The van der Waals surface area contributed by atoms with Gasteiger partial charge in [-0.2, -0.15) is 0 Å². The number of hydrogen-bond acceptors (Lipinski definition) is 2. The van der Waals surface area contributed by atoms with Crippen LogP contribution in [0.15, 0.2) is 12.2 Å². The Balaban J connectivity index is 3.98. The number of carbonyl (C=O) groups excluding carboxylic acids is 1. The van der Waals surface area contributed by atoms with E-state index < -0.39 is 0 Å². The summed E-state index contributed by atoms with van der Waals surface area (Å²) < 4.78 is 5.18. The van der Waals surface area contributed by atoms with E-state index in [1.54, 1.807) is 13.2 Å². The highest BCUT2D eigenvalue weighted by molar-refractivity contribution is 5.91. The van der Waals surface area contributed by atoms with Gasteiger partial charge in [0.2, 0.25) is 0 Å². The van der Waals surface area contributed by atoms with Crippen LogP contribution in [0.2, 0.25) is 0 Å². The topological polar surface area (TPSA) is 26.3 Å². The molecule has 0 aliphatic carbocycles. The first kappa shape index (κ1) is 12.4. The number of ketones is 1. The molecule has 0 bridgehead atoms. The van der Waals surface area contributed by atoms with Crippen molar-refractivity contribution < 1.29 is 9.53 Å².